The maximum absolute atomic E-state index is 5.84. The van der Waals surface area contributed by atoms with E-state index in [2.05, 4.69) is 51.2 Å². The Morgan fingerprint density at radius 1 is 1.12 bits per heavy atom. The molecule has 0 aliphatic carbocycles. The van der Waals surface area contributed by atoms with E-state index in [-0.39, 0.29) is 0 Å². The van der Waals surface area contributed by atoms with E-state index in [0.717, 1.165) is 29.1 Å². The Morgan fingerprint density at radius 2 is 1.96 bits per heavy atom. The lowest BCUT2D eigenvalue weighted by Gasteiger charge is -2.12. The molecule has 1 aliphatic heterocycles. The monoisotopic (exact) mass is 407 g/mol. The second-order valence-electron chi connectivity index (χ2n) is 5.75. The normalized spacial score (nSPS) is 13.9. The molecule has 0 aromatic heterocycles. The van der Waals surface area contributed by atoms with Gasteiger partial charge < -0.3 is 9.47 Å². The molecule has 1 heterocycles. The molecule has 0 N–H and O–H groups in total. The Labute approximate surface area is 156 Å². The van der Waals surface area contributed by atoms with Crippen molar-refractivity contribution in [3.05, 3.63) is 58.1 Å². The minimum atomic E-state index is 0.673. The molecule has 3 rings (SSSR count). The minimum Gasteiger partial charge on any atom is -0.496 e. The van der Waals surface area contributed by atoms with Crippen LogP contribution in [0.2, 0.25) is 0 Å². The summed E-state index contributed by atoms with van der Waals surface area (Å²) in [4.78, 5) is 3.64. The number of thioether (sulfide) groups is 1. The molecule has 5 heteroatoms. The van der Waals surface area contributed by atoms with Crippen LogP contribution in [0.15, 0.2) is 51.8 Å². The summed E-state index contributed by atoms with van der Waals surface area (Å²) in [7, 11) is 1.72. The van der Waals surface area contributed by atoms with Crippen LogP contribution in [0.3, 0.4) is 0 Å². The van der Waals surface area contributed by atoms with Gasteiger partial charge in [0.15, 0.2) is 0 Å². The first-order chi connectivity index (χ1) is 11.8. The Morgan fingerprint density at radius 3 is 2.75 bits per heavy atom. The zero-order chi connectivity index (χ0) is 16.8. The van der Waals surface area contributed by atoms with E-state index >= 15 is 0 Å². The highest BCUT2D eigenvalue weighted by atomic mass is 79.9. The van der Waals surface area contributed by atoms with Crippen LogP contribution < -0.4 is 4.74 Å². The van der Waals surface area contributed by atoms with E-state index in [1.807, 2.05) is 23.9 Å². The van der Waals surface area contributed by atoms with Crippen LogP contribution >= 0.6 is 27.7 Å². The maximum atomic E-state index is 5.84. The highest BCUT2D eigenvalue weighted by Gasteiger charge is 2.15. The van der Waals surface area contributed by atoms with E-state index < -0.39 is 0 Å². The average Bonchev–Trinajstić information content (AvgIpc) is 3.42. The third kappa shape index (κ3) is 5.24. The predicted octanol–water partition coefficient (Wildman–Crippen LogP) is 4.58. The first-order valence-corrected chi connectivity index (χ1v) is 9.87. The number of hydrogen-bond donors (Lipinski definition) is 0. The first-order valence-electron chi connectivity index (χ1n) is 8.09. The Balaban J connectivity index is 1.59. The van der Waals surface area contributed by atoms with E-state index in [0.29, 0.717) is 6.61 Å². The van der Waals surface area contributed by atoms with Crippen LogP contribution in [0.1, 0.15) is 11.1 Å². The number of hydrogen-bond acceptors (Lipinski definition) is 4. The van der Waals surface area contributed by atoms with Crippen LogP contribution in [0.4, 0.5) is 0 Å². The molecule has 0 radical (unpaired) electrons. The van der Waals surface area contributed by atoms with Gasteiger partial charge in [-0.1, -0.05) is 34.1 Å². The fourth-order valence-corrected chi connectivity index (χ4v) is 3.88. The van der Waals surface area contributed by atoms with Gasteiger partial charge >= 0.3 is 0 Å². The fourth-order valence-electron chi connectivity index (χ4n) is 2.45. The molecule has 1 fully saturated rings. The van der Waals surface area contributed by atoms with Crippen molar-refractivity contribution >= 4 is 27.7 Å². The molecule has 0 unspecified atom stereocenters. The second kappa shape index (κ2) is 8.90. The standard InChI is InChI=1S/C19H22BrNO2S/c1-22-18-7-6-17(20)12-16(18)14-24-19-5-3-2-4-15(19)13-23-11-10-21-8-9-21/h2-7,12H,8-11,13-14H2,1H3. The molecule has 0 bridgehead atoms. The van der Waals surface area contributed by atoms with Crippen molar-refractivity contribution < 1.29 is 9.47 Å². The van der Waals surface area contributed by atoms with Gasteiger partial charge in [-0.05, 0) is 29.8 Å². The van der Waals surface area contributed by atoms with Gasteiger partial charge in [0.2, 0.25) is 0 Å². The Kier molecular flexibility index (Phi) is 6.60. The number of methoxy groups -OCH3 is 1. The summed E-state index contributed by atoms with van der Waals surface area (Å²) in [6.07, 6.45) is 0. The van der Waals surface area contributed by atoms with Crippen LogP contribution in [0.5, 0.6) is 5.75 Å². The summed E-state index contributed by atoms with van der Waals surface area (Å²) in [6, 6.07) is 14.6. The highest BCUT2D eigenvalue weighted by Crippen LogP contribution is 2.32. The van der Waals surface area contributed by atoms with E-state index in [1.54, 1.807) is 7.11 Å². The third-order valence-corrected chi connectivity index (χ3v) is 5.61. The summed E-state index contributed by atoms with van der Waals surface area (Å²) >= 11 is 5.36. The lowest BCUT2D eigenvalue weighted by molar-refractivity contribution is 0.112. The summed E-state index contributed by atoms with van der Waals surface area (Å²) in [5, 5.41) is 0. The number of benzene rings is 2. The molecular formula is C19H22BrNO2S. The molecule has 24 heavy (non-hydrogen) atoms. The number of ether oxygens (including phenoxy) is 2. The molecule has 3 nitrogen and oxygen atoms in total. The van der Waals surface area contributed by atoms with E-state index in [1.165, 1.54) is 29.1 Å². The Bertz CT molecular complexity index is 676. The van der Waals surface area contributed by atoms with Crippen molar-refractivity contribution in [2.45, 2.75) is 17.3 Å². The van der Waals surface area contributed by atoms with Crippen molar-refractivity contribution in [3.63, 3.8) is 0 Å². The molecular weight excluding hydrogens is 386 g/mol. The quantitative estimate of drug-likeness (QED) is 0.344. The number of rotatable bonds is 9. The third-order valence-electron chi connectivity index (χ3n) is 3.95. The van der Waals surface area contributed by atoms with Crippen LogP contribution in [-0.4, -0.2) is 38.3 Å². The van der Waals surface area contributed by atoms with Gasteiger partial charge in [0, 0.05) is 40.3 Å². The van der Waals surface area contributed by atoms with Gasteiger partial charge in [-0.15, -0.1) is 11.8 Å². The lowest BCUT2D eigenvalue weighted by atomic mass is 10.2. The van der Waals surface area contributed by atoms with Crippen molar-refractivity contribution in [1.82, 2.24) is 4.90 Å². The summed E-state index contributed by atoms with van der Waals surface area (Å²) in [6.45, 7) is 4.98. The largest absolute Gasteiger partial charge is 0.496 e. The zero-order valence-corrected chi connectivity index (χ0v) is 16.2. The predicted molar refractivity (Wildman–Crippen MR) is 103 cm³/mol. The van der Waals surface area contributed by atoms with E-state index in [4.69, 9.17) is 9.47 Å². The topological polar surface area (TPSA) is 21.5 Å². The van der Waals surface area contributed by atoms with Gasteiger partial charge in [-0.3, -0.25) is 4.90 Å². The van der Waals surface area contributed by atoms with Gasteiger partial charge in [0.25, 0.3) is 0 Å². The summed E-state index contributed by atoms with van der Waals surface area (Å²) < 4.78 is 12.4. The average molecular weight is 408 g/mol. The molecule has 0 atom stereocenters. The van der Waals surface area contributed by atoms with E-state index in [9.17, 15) is 0 Å². The van der Waals surface area contributed by atoms with Gasteiger partial charge in [-0.25, -0.2) is 0 Å². The highest BCUT2D eigenvalue weighted by molar-refractivity contribution is 9.10. The second-order valence-corrected chi connectivity index (χ2v) is 7.68. The maximum Gasteiger partial charge on any atom is 0.122 e. The van der Waals surface area contributed by atoms with Gasteiger partial charge in [-0.2, -0.15) is 0 Å². The zero-order valence-electron chi connectivity index (χ0n) is 13.8. The van der Waals surface area contributed by atoms with Crippen LogP contribution in [0, 0.1) is 0 Å². The molecule has 2 aromatic rings. The van der Waals surface area contributed by atoms with Crippen molar-refractivity contribution in [2.24, 2.45) is 0 Å². The molecule has 128 valence electrons. The molecule has 1 aliphatic rings. The number of nitrogens with zero attached hydrogens (tertiary/aromatic N) is 1. The van der Waals surface area contributed by atoms with Gasteiger partial charge in [0.05, 0.1) is 20.3 Å². The van der Waals surface area contributed by atoms with Crippen molar-refractivity contribution in [1.29, 1.82) is 0 Å². The van der Waals surface area contributed by atoms with Gasteiger partial charge in [0.1, 0.15) is 5.75 Å². The first kappa shape index (κ1) is 17.8. The van der Waals surface area contributed by atoms with Crippen molar-refractivity contribution in [2.75, 3.05) is 33.4 Å². The number of halogens is 1. The van der Waals surface area contributed by atoms with Crippen LogP contribution in [0.25, 0.3) is 0 Å². The molecule has 0 spiro atoms. The Hall–Kier alpha value is -1.01. The fraction of sp³-hybridized carbons (Fsp3) is 0.368. The molecule has 0 saturated carbocycles. The summed E-state index contributed by atoms with van der Waals surface area (Å²) in [5.41, 5.74) is 2.44. The molecule has 0 amide bonds. The van der Waals surface area contributed by atoms with Crippen LogP contribution in [-0.2, 0) is 17.1 Å². The molecule has 2 aromatic carbocycles. The summed E-state index contributed by atoms with van der Waals surface area (Å²) in [5.74, 6) is 1.80. The lowest BCUT2D eigenvalue weighted by Crippen LogP contribution is -2.08. The smallest absolute Gasteiger partial charge is 0.122 e. The molecule has 1 saturated heterocycles. The minimum absolute atomic E-state index is 0.673. The SMILES string of the molecule is COc1ccc(Br)cc1CSc1ccccc1COCCN1CC1. The van der Waals surface area contributed by atoms with Crippen molar-refractivity contribution in [3.8, 4) is 5.75 Å².